The predicted molar refractivity (Wildman–Crippen MR) is 20.2 cm³/mol. The SMILES string of the molecule is O=C1CC[C@@H]1O. The highest BCUT2D eigenvalue weighted by atomic mass is 16.3. The zero-order valence-corrected chi connectivity index (χ0v) is 3.35. The van der Waals surface area contributed by atoms with Gasteiger partial charge in [0.15, 0.2) is 5.78 Å². The van der Waals surface area contributed by atoms with E-state index in [1.54, 1.807) is 0 Å². The maximum atomic E-state index is 9.98. The van der Waals surface area contributed by atoms with Crippen molar-refractivity contribution in [3.8, 4) is 0 Å². The smallest absolute Gasteiger partial charge is 0.161 e. The number of aliphatic hydroxyl groups is 1. The number of aliphatic hydroxyl groups excluding tert-OH is 1. The lowest BCUT2D eigenvalue weighted by Gasteiger charge is -2.16. The number of rotatable bonds is 0. The molecule has 0 aromatic rings. The molecular formula is C4H6O2. The van der Waals surface area contributed by atoms with Gasteiger partial charge in [0.2, 0.25) is 0 Å². The Labute approximate surface area is 35.8 Å². The molecule has 1 fully saturated rings. The van der Waals surface area contributed by atoms with Gasteiger partial charge in [-0.15, -0.1) is 0 Å². The number of carbonyl (C=O) groups is 1. The van der Waals surface area contributed by atoms with Crippen LogP contribution >= 0.6 is 0 Å². The van der Waals surface area contributed by atoms with Crippen LogP contribution in [0.15, 0.2) is 0 Å². The maximum absolute atomic E-state index is 9.98. The van der Waals surface area contributed by atoms with E-state index in [2.05, 4.69) is 0 Å². The van der Waals surface area contributed by atoms with Gasteiger partial charge in [-0.05, 0) is 6.42 Å². The Hall–Kier alpha value is -0.370. The first-order valence-corrected chi connectivity index (χ1v) is 2.01. The van der Waals surface area contributed by atoms with Crippen molar-refractivity contribution in [2.75, 3.05) is 0 Å². The van der Waals surface area contributed by atoms with Gasteiger partial charge in [-0.3, -0.25) is 4.79 Å². The van der Waals surface area contributed by atoms with Crippen LogP contribution < -0.4 is 0 Å². The number of ketones is 1. The third-order valence-corrected chi connectivity index (χ3v) is 1.04. The van der Waals surface area contributed by atoms with Crippen LogP contribution in [0.3, 0.4) is 0 Å². The molecule has 1 aliphatic rings. The molecule has 0 aliphatic heterocycles. The van der Waals surface area contributed by atoms with E-state index in [-0.39, 0.29) is 5.78 Å². The molecule has 0 aromatic heterocycles. The highest BCUT2D eigenvalue weighted by molar-refractivity contribution is 5.88. The summed E-state index contributed by atoms with van der Waals surface area (Å²) in [4.78, 5) is 9.98. The summed E-state index contributed by atoms with van der Waals surface area (Å²) in [5.41, 5.74) is 0. The first-order chi connectivity index (χ1) is 2.80. The molecule has 1 N–H and O–H groups in total. The molecule has 0 bridgehead atoms. The van der Waals surface area contributed by atoms with E-state index in [0.29, 0.717) is 12.8 Å². The lowest BCUT2D eigenvalue weighted by molar-refractivity contribution is -0.135. The topological polar surface area (TPSA) is 37.3 Å². The number of hydrogen-bond acceptors (Lipinski definition) is 2. The summed E-state index contributed by atoms with van der Waals surface area (Å²) in [6.07, 6.45) is 0.657. The van der Waals surface area contributed by atoms with Gasteiger partial charge in [-0.2, -0.15) is 0 Å². The summed E-state index contributed by atoms with van der Waals surface area (Å²) in [6.45, 7) is 0. The average Bonchev–Trinajstić information content (AvgIpc) is 1.61. The van der Waals surface area contributed by atoms with E-state index in [1.165, 1.54) is 0 Å². The Morgan fingerprint density at radius 1 is 1.83 bits per heavy atom. The summed E-state index contributed by atoms with van der Waals surface area (Å²) in [5, 5.41) is 8.37. The fourth-order valence-electron chi connectivity index (χ4n) is 0.391. The van der Waals surface area contributed by atoms with Crippen LogP contribution in [0.25, 0.3) is 0 Å². The molecule has 1 rings (SSSR count). The van der Waals surface area contributed by atoms with Crippen LogP contribution in [0.1, 0.15) is 12.8 Å². The molecule has 0 radical (unpaired) electrons. The maximum Gasteiger partial charge on any atom is 0.161 e. The van der Waals surface area contributed by atoms with Gasteiger partial charge in [0.25, 0.3) is 0 Å². The lowest BCUT2D eigenvalue weighted by atomic mass is 9.95. The Bertz CT molecular complexity index is 77.6. The van der Waals surface area contributed by atoms with Crippen LogP contribution in [-0.2, 0) is 4.79 Å². The van der Waals surface area contributed by atoms with Crippen molar-refractivity contribution < 1.29 is 9.90 Å². The van der Waals surface area contributed by atoms with Gasteiger partial charge in [-0.25, -0.2) is 0 Å². The first-order valence-electron chi connectivity index (χ1n) is 2.01. The molecule has 0 aromatic carbocycles. The zero-order chi connectivity index (χ0) is 4.57. The fraction of sp³-hybridized carbons (Fsp3) is 0.750. The van der Waals surface area contributed by atoms with Crippen molar-refractivity contribution in [2.45, 2.75) is 18.9 Å². The normalized spacial score (nSPS) is 32.8. The van der Waals surface area contributed by atoms with Crippen molar-refractivity contribution in [3.05, 3.63) is 0 Å². The molecule has 1 atom stereocenters. The third kappa shape index (κ3) is 0.337. The van der Waals surface area contributed by atoms with Crippen molar-refractivity contribution in [3.63, 3.8) is 0 Å². The van der Waals surface area contributed by atoms with E-state index in [1.807, 2.05) is 0 Å². The minimum absolute atomic E-state index is 0.00463. The standard InChI is InChI=1S/C4H6O2/c5-3-1-2-4(3)6/h3,5H,1-2H2/t3-/m0/s1. The van der Waals surface area contributed by atoms with Crippen molar-refractivity contribution in [1.29, 1.82) is 0 Å². The van der Waals surface area contributed by atoms with Gasteiger partial charge in [-0.1, -0.05) is 0 Å². The summed E-state index contributed by atoms with van der Waals surface area (Å²) < 4.78 is 0. The Morgan fingerprint density at radius 3 is 2.33 bits per heavy atom. The molecule has 1 saturated carbocycles. The van der Waals surface area contributed by atoms with E-state index in [4.69, 9.17) is 5.11 Å². The molecule has 0 unspecified atom stereocenters. The van der Waals surface area contributed by atoms with E-state index >= 15 is 0 Å². The summed E-state index contributed by atoms with van der Waals surface area (Å²) in [5.74, 6) is -0.00463. The van der Waals surface area contributed by atoms with Gasteiger partial charge < -0.3 is 5.11 Å². The number of Topliss-reactive ketones (excluding diaryl/α,β-unsaturated/α-hetero) is 1. The minimum atomic E-state index is -0.606. The Kier molecular flexibility index (Phi) is 0.665. The van der Waals surface area contributed by atoms with E-state index in [0.717, 1.165) is 0 Å². The first kappa shape index (κ1) is 3.81. The molecule has 0 amide bonds. The highest BCUT2D eigenvalue weighted by Gasteiger charge is 2.24. The number of hydrogen-bond donors (Lipinski definition) is 1. The van der Waals surface area contributed by atoms with E-state index in [9.17, 15) is 4.79 Å². The molecular weight excluding hydrogens is 80.0 g/mol. The summed E-state index contributed by atoms with van der Waals surface area (Å²) in [7, 11) is 0. The molecule has 34 valence electrons. The Morgan fingerprint density at radius 2 is 2.33 bits per heavy atom. The quantitative estimate of drug-likeness (QED) is 0.440. The van der Waals surface area contributed by atoms with Crippen LogP contribution in [-0.4, -0.2) is 17.0 Å². The molecule has 0 heterocycles. The molecule has 0 spiro atoms. The van der Waals surface area contributed by atoms with Crippen molar-refractivity contribution in [2.24, 2.45) is 0 Å². The molecule has 2 heteroatoms. The summed E-state index contributed by atoms with van der Waals surface area (Å²) in [6, 6.07) is 0. The van der Waals surface area contributed by atoms with Gasteiger partial charge in [0, 0.05) is 6.42 Å². The largest absolute Gasteiger partial charge is 0.385 e. The second-order valence-corrected chi connectivity index (χ2v) is 1.52. The van der Waals surface area contributed by atoms with Crippen LogP contribution in [0.4, 0.5) is 0 Å². The fourth-order valence-corrected chi connectivity index (χ4v) is 0.391. The highest BCUT2D eigenvalue weighted by Crippen LogP contribution is 2.12. The van der Waals surface area contributed by atoms with Gasteiger partial charge in [0.05, 0.1) is 0 Å². The predicted octanol–water partition coefficient (Wildman–Crippen LogP) is -0.290. The molecule has 0 saturated heterocycles. The van der Waals surface area contributed by atoms with Crippen LogP contribution in [0.2, 0.25) is 0 Å². The zero-order valence-electron chi connectivity index (χ0n) is 3.35. The second kappa shape index (κ2) is 1.05. The Balaban J connectivity index is 2.39. The minimum Gasteiger partial charge on any atom is -0.385 e. The summed E-state index contributed by atoms with van der Waals surface area (Å²) >= 11 is 0. The molecule has 1 aliphatic carbocycles. The van der Waals surface area contributed by atoms with E-state index < -0.39 is 6.10 Å². The van der Waals surface area contributed by atoms with Crippen molar-refractivity contribution in [1.82, 2.24) is 0 Å². The van der Waals surface area contributed by atoms with Gasteiger partial charge >= 0.3 is 0 Å². The van der Waals surface area contributed by atoms with Crippen LogP contribution in [0, 0.1) is 0 Å². The monoisotopic (exact) mass is 86.0 g/mol. The van der Waals surface area contributed by atoms with Gasteiger partial charge in [0.1, 0.15) is 6.10 Å². The van der Waals surface area contributed by atoms with Crippen LogP contribution in [0.5, 0.6) is 0 Å². The third-order valence-electron chi connectivity index (χ3n) is 1.04. The van der Waals surface area contributed by atoms with Crippen molar-refractivity contribution >= 4 is 5.78 Å². The molecule has 2 nitrogen and oxygen atoms in total. The molecule has 6 heavy (non-hydrogen) atoms. The lowest BCUT2D eigenvalue weighted by Crippen LogP contribution is -2.30. The second-order valence-electron chi connectivity index (χ2n) is 1.52. The average molecular weight is 86.1 g/mol. The number of carbonyl (C=O) groups excluding carboxylic acids is 1.